The topological polar surface area (TPSA) is 43.1 Å². The van der Waals surface area contributed by atoms with Gasteiger partial charge in [-0.2, -0.15) is 0 Å². The molecule has 2 nitrogen and oxygen atoms in total. The lowest BCUT2D eigenvalue weighted by Crippen LogP contribution is -2.18. The Morgan fingerprint density at radius 2 is 2.50 bits per heavy atom. The maximum Gasteiger partial charge on any atom is 0.159 e. The minimum absolute atomic E-state index is 0.100. The number of rotatable bonds is 1. The molecule has 10 heavy (non-hydrogen) atoms. The van der Waals surface area contributed by atoms with Gasteiger partial charge in [-0.05, 0) is 13.3 Å². The van der Waals surface area contributed by atoms with E-state index in [1.165, 1.54) is 0 Å². The number of ketones is 1. The van der Waals surface area contributed by atoms with Gasteiger partial charge in [0.05, 0.1) is 0 Å². The molecule has 0 aromatic heterocycles. The second kappa shape index (κ2) is 2.80. The summed E-state index contributed by atoms with van der Waals surface area (Å²) in [7, 11) is 0. The number of carbonyl (C=O) groups is 1. The summed E-state index contributed by atoms with van der Waals surface area (Å²) >= 11 is 0. The zero-order valence-electron chi connectivity index (χ0n) is 6.00. The van der Waals surface area contributed by atoms with Crippen molar-refractivity contribution in [2.45, 2.75) is 19.4 Å². The molecule has 0 heterocycles. The van der Waals surface area contributed by atoms with Gasteiger partial charge in [0.15, 0.2) is 5.78 Å². The van der Waals surface area contributed by atoms with Crippen molar-refractivity contribution < 1.29 is 4.79 Å². The molecule has 0 radical (unpaired) electrons. The van der Waals surface area contributed by atoms with E-state index in [-0.39, 0.29) is 11.8 Å². The van der Waals surface area contributed by atoms with Crippen molar-refractivity contribution >= 4 is 5.78 Å². The third-order valence-electron chi connectivity index (χ3n) is 1.54. The van der Waals surface area contributed by atoms with E-state index in [1.54, 1.807) is 13.0 Å². The maximum absolute atomic E-state index is 10.7. The third-order valence-corrected chi connectivity index (χ3v) is 1.54. The van der Waals surface area contributed by atoms with Crippen LogP contribution in [0.1, 0.15) is 13.3 Å². The van der Waals surface area contributed by atoms with Crippen molar-refractivity contribution in [3.8, 4) is 0 Å². The van der Waals surface area contributed by atoms with Crippen LogP contribution in [0.2, 0.25) is 0 Å². The van der Waals surface area contributed by atoms with Gasteiger partial charge in [-0.25, -0.2) is 0 Å². The normalized spacial score (nSPS) is 24.2. The van der Waals surface area contributed by atoms with Crippen LogP contribution in [0.15, 0.2) is 23.8 Å². The summed E-state index contributed by atoms with van der Waals surface area (Å²) in [4.78, 5) is 10.7. The van der Waals surface area contributed by atoms with Crippen molar-refractivity contribution in [1.29, 1.82) is 0 Å². The highest BCUT2D eigenvalue weighted by atomic mass is 16.1. The van der Waals surface area contributed by atoms with E-state index in [0.29, 0.717) is 0 Å². The number of hydrogen-bond acceptors (Lipinski definition) is 2. The molecule has 0 spiro atoms. The van der Waals surface area contributed by atoms with Crippen molar-refractivity contribution in [2.24, 2.45) is 5.73 Å². The molecule has 1 unspecified atom stereocenters. The molecular weight excluding hydrogens is 126 g/mol. The molecule has 1 atom stereocenters. The number of carbonyl (C=O) groups excluding carboxylic acids is 1. The molecule has 1 aliphatic rings. The van der Waals surface area contributed by atoms with E-state index in [2.05, 4.69) is 0 Å². The Morgan fingerprint density at radius 3 is 2.90 bits per heavy atom. The monoisotopic (exact) mass is 137 g/mol. The summed E-state index contributed by atoms with van der Waals surface area (Å²) in [6.07, 6.45) is 6.31. The minimum atomic E-state index is 0.100. The molecule has 0 saturated carbocycles. The van der Waals surface area contributed by atoms with Crippen LogP contribution in [0.4, 0.5) is 0 Å². The molecule has 0 saturated heterocycles. The second-order valence-electron chi connectivity index (χ2n) is 2.47. The van der Waals surface area contributed by atoms with Gasteiger partial charge in [0, 0.05) is 11.6 Å². The van der Waals surface area contributed by atoms with E-state index in [0.717, 1.165) is 12.0 Å². The summed E-state index contributed by atoms with van der Waals surface area (Å²) in [5, 5.41) is 0. The molecule has 0 aromatic rings. The molecule has 1 aliphatic carbocycles. The molecule has 0 amide bonds. The average Bonchev–Trinajstić information content (AvgIpc) is 1.88. The first-order chi connectivity index (χ1) is 4.70. The van der Waals surface area contributed by atoms with Crippen LogP contribution in [0.25, 0.3) is 0 Å². The first kappa shape index (κ1) is 7.22. The Labute approximate surface area is 60.4 Å². The molecular formula is C8H11NO. The van der Waals surface area contributed by atoms with Gasteiger partial charge in [0.1, 0.15) is 0 Å². The van der Waals surface area contributed by atoms with E-state index in [1.807, 2.05) is 12.2 Å². The number of hydrogen-bond donors (Lipinski definition) is 1. The van der Waals surface area contributed by atoms with Crippen molar-refractivity contribution in [2.75, 3.05) is 0 Å². The number of Topliss-reactive ketones (excluding diaryl/α,β-unsaturated/α-hetero) is 1. The fourth-order valence-corrected chi connectivity index (χ4v) is 0.898. The molecule has 2 heteroatoms. The predicted molar refractivity (Wildman–Crippen MR) is 40.5 cm³/mol. The van der Waals surface area contributed by atoms with Crippen molar-refractivity contribution in [3.05, 3.63) is 23.8 Å². The molecule has 0 aliphatic heterocycles. The Hall–Kier alpha value is -0.890. The van der Waals surface area contributed by atoms with Crippen LogP contribution in [0.3, 0.4) is 0 Å². The highest BCUT2D eigenvalue weighted by molar-refractivity contribution is 5.96. The second-order valence-corrected chi connectivity index (χ2v) is 2.47. The van der Waals surface area contributed by atoms with E-state index in [9.17, 15) is 4.79 Å². The van der Waals surface area contributed by atoms with Crippen LogP contribution in [-0.2, 0) is 4.79 Å². The molecule has 54 valence electrons. The van der Waals surface area contributed by atoms with Gasteiger partial charge in [0.25, 0.3) is 0 Å². The Balaban J connectivity index is 2.67. The smallest absolute Gasteiger partial charge is 0.159 e. The van der Waals surface area contributed by atoms with Gasteiger partial charge < -0.3 is 5.73 Å². The highest BCUT2D eigenvalue weighted by Crippen LogP contribution is 2.09. The van der Waals surface area contributed by atoms with E-state index >= 15 is 0 Å². The SMILES string of the molecule is CC(=O)C1=CCC(N)C=C1. The fraction of sp³-hybridized carbons (Fsp3) is 0.375. The minimum Gasteiger partial charge on any atom is -0.324 e. The van der Waals surface area contributed by atoms with Crippen LogP contribution in [-0.4, -0.2) is 11.8 Å². The summed E-state index contributed by atoms with van der Waals surface area (Å²) < 4.78 is 0. The summed E-state index contributed by atoms with van der Waals surface area (Å²) in [6.45, 7) is 1.56. The molecule has 1 rings (SSSR count). The van der Waals surface area contributed by atoms with Gasteiger partial charge >= 0.3 is 0 Å². The van der Waals surface area contributed by atoms with Crippen molar-refractivity contribution in [3.63, 3.8) is 0 Å². The predicted octanol–water partition coefficient (Wildman–Crippen LogP) is 0.789. The molecule has 0 bridgehead atoms. The zero-order valence-corrected chi connectivity index (χ0v) is 6.00. The standard InChI is InChI=1S/C8H11NO/c1-6(10)7-2-4-8(9)5-3-7/h2-4,8H,5,9H2,1H3. The number of allylic oxidation sites excluding steroid dienone is 2. The fourth-order valence-electron chi connectivity index (χ4n) is 0.898. The molecule has 0 aromatic carbocycles. The summed E-state index contributed by atoms with van der Waals surface area (Å²) in [5.74, 6) is 0.114. The first-order valence-corrected chi connectivity index (χ1v) is 3.35. The summed E-state index contributed by atoms with van der Waals surface area (Å²) in [5.41, 5.74) is 6.33. The van der Waals surface area contributed by atoms with Crippen LogP contribution in [0, 0.1) is 0 Å². The van der Waals surface area contributed by atoms with Gasteiger partial charge in [-0.1, -0.05) is 18.2 Å². The summed E-state index contributed by atoms with van der Waals surface area (Å²) in [6, 6.07) is 0.100. The highest BCUT2D eigenvalue weighted by Gasteiger charge is 2.05. The average molecular weight is 137 g/mol. The van der Waals surface area contributed by atoms with Gasteiger partial charge in [-0.3, -0.25) is 4.79 Å². The maximum atomic E-state index is 10.7. The zero-order chi connectivity index (χ0) is 7.56. The van der Waals surface area contributed by atoms with Gasteiger partial charge in [-0.15, -0.1) is 0 Å². The van der Waals surface area contributed by atoms with Crippen LogP contribution in [0.5, 0.6) is 0 Å². The lowest BCUT2D eigenvalue weighted by molar-refractivity contribution is -0.113. The van der Waals surface area contributed by atoms with Gasteiger partial charge in [0.2, 0.25) is 0 Å². The van der Waals surface area contributed by atoms with Crippen molar-refractivity contribution in [1.82, 2.24) is 0 Å². The quantitative estimate of drug-likeness (QED) is 0.580. The van der Waals surface area contributed by atoms with Crippen LogP contribution < -0.4 is 5.73 Å². The lowest BCUT2D eigenvalue weighted by atomic mass is 10.0. The number of nitrogens with two attached hydrogens (primary N) is 1. The Bertz CT molecular complexity index is 203. The largest absolute Gasteiger partial charge is 0.324 e. The van der Waals surface area contributed by atoms with E-state index < -0.39 is 0 Å². The Morgan fingerprint density at radius 1 is 1.80 bits per heavy atom. The van der Waals surface area contributed by atoms with E-state index in [4.69, 9.17) is 5.73 Å². The third kappa shape index (κ3) is 1.54. The first-order valence-electron chi connectivity index (χ1n) is 3.35. The Kier molecular flexibility index (Phi) is 2.02. The molecule has 0 fully saturated rings. The lowest BCUT2D eigenvalue weighted by Gasteiger charge is -2.08. The molecule has 2 N–H and O–H groups in total. The van der Waals surface area contributed by atoms with Crippen LogP contribution >= 0.6 is 0 Å².